The van der Waals surface area contributed by atoms with Crippen LogP contribution in [0.15, 0.2) is 36.0 Å². The Labute approximate surface area is 122 Å². The summed E-state index contributed by atoms with van der Waals surface area (Å²) >= 11 is 5.75. The van der Waals surface area contributed by atoms with Crippen LogP contribution in [0.4, 0.5) is 4.79 Å². The summed E-state index contributed by atoms with van der Waals surface area (Å²) in [4.78, 5) is 22.6. The smallest absolute Gasteiger partial charge is 0.411 e. The van der Waals surface area contributed by atoms with Gasteiger partial charge >= 0.3 is 12.1 Å². The van der Waals surface area contributed by atoms with Crippen molar-refractivity contribution in [3.05, 3.63) is 46.6 Å². The third-order valence-corrected chi connectivity index (χ3v) is 2.46. The Kier molecular flexibility index (Phi) is 6.59. The Morgan fingerprint density at radius 3 is 2.50 bits per heavy atom. The van der Waals surface area contributed by atoms with Gasteiger partial charge in [-0.15, -0.1) is 0 Å². The number of alkyl carbamates (subject to hydrolysis) is 1. The number of carbonyl (C=O) groups is 2. The van der Waals surface area contributed by atoms with Crippen LogP contribution in [0.1, 0.15) is 19.4 Å². The second-order valence-electron chi connectivity index (χ2n) is 3.91. The molecule has 0 fully saturated rings. The molecule has 0 aliphatic rings. The molecule has 0 saturated heterocycles. The van der Waals surface area contributed by atoms with Crippen molar-refractivity contribution in [2.45, 2.75) is 20.5 Å². The Morgan fingerprint density at radius 1 is 1.25 bits per heavy atom. The molecule has 1 aromatic rings. The van der Waals surface area contributed by atoms with Crippen molar-refractivity contribution in [2.24, 2.45) is 0 Å². The maximum absolute atomic E-state index is 11.5. The van der Waals surface area contributed by atoms with E-state index < -0.39 is 12.1 Å². The summed E-state index contributed by atoms with van der Waals surface area (Å²) in [6.45, 7) is 3.68. The van der Waals surface area contributed by atoms with Gasteiger partial charge in [0.2, 0.25) is 0 Å². The summed E-state index contributed by atoms with van der Waals surface area (Å²) in [5, 5.41) is 3.04. The van der Waals surface area contributed by atoms with Crippen LogP contribution in [0.2, 0.25) is 5.02 Å². The topological polar surface area (TPSA) is 64.6 Å². The lowest BCUT2D eigenvalue weighted by molar-refractivity contribution is -0.137. The van der Waals surface area contributed by atoms with Gasteiger partial charge in [0.15, 0.2) is 0 Å². The summed E-state index contributed by atoms with van der Waals surface area (Å²) in [5.41, 5.74) is 1.17. The van der Waals surface area contributed by atoms with Crippen molar-refractivity contribution < 1.29 is 19.1 Å². The first-order valence-electron chi connectivity index (χ1n) is 6.04. The van der Waals surface area contributed by atoms with Crippen LogP contribution >= 0.6 is 11.6 Å². The number of allylic oxidation sites excluding steroid dienone is 1. The maximum Gasteiger partial charge on any atom is 0.411 e. The number of nitrogens with one attached hydrogen (secondary N) is 1. The van der Waals surface area contributed by atoms with Gasteiger partial charge in [-0.25, -0.2) is 9.59 Å². The SMILES string of the molecule is CCOC(=O)C=C(C)NC(=O)OCc1ccc(Cl)cc1. The lowest BCUT2D eigenvalue weighted by Gasteiger charge is -2.07. The molecule has 0 unspecified atom stereocenters. The Balaban J connectivity index is 2.40. The normalized spacial score (nSPS) is 10.8. The van der Waals surface area contributed by atoms with E-state index in [-0.39, 0.29) is 13.2 Å². The van der Waals surface area contributed by atoms with Crippen molar-refractivity contribution in [1.82, 2.24) is 5.32 Å². The third kappa shape index (κ3) is 6.24. The summed E-state index contributed by atoms with van der Waals surface area (Å²) in [6, 6.07) is 6.95. The van der Waals surface area contributed by atoms with E-state index in [1.165, 1.54) is 6.08 Å². The predicted molar refractivity (Wildman–Crippen MR) is 75.2 cm³/mol. The van der Waals surface area contributed by atoms with Gasteiger partial charge in [-0.3, -0.25) is 5.32 Å². The number of amides is 1. The van der Waals surface area contributed by atoms with E-state index in [1.54, 1.807) is 38.1 Å². The number of hydrogen-bond acceptors (Lipinski definition) is 4. The van der Waals surface area contributed by atoms with Crippen LogP contribution in [-0.4, -0.2) is 18.7 Å². The van der Waals surface area contributed by atoms with E-state index >= 15 is 0 Å². The first-order chi connectivity index (χ1) is 9.51. The Hall–Kier alpha value is -2.01. The zero-order valence-corrected chi connectivity index (χ0v) is 12.1. The van der Waals surface area contributed by atoms with Crippen LogP contribution in [-0.2, 0) is 20.9 Å². The van der Waals surface area contributed by atoms with Crippen LogP contribution in [0.25, 0.3) is 0 Å². The Morgan fingerprint density at radius 2 is 1.90 bits per heavy atom. The van der Waals surface area contributed by atoms with Crippen molar-refractivity contribution in [3.63, 3.8) is 0 Å². The van der Waals surface area contributed by atoms with Crippen LogP contribution < -0.4 is 5.32 Å². The second kappa shape index (κ2) is 8.22. The van der Waals surface area contributed by atoms with Gasteiger partial charge in [0.25, 0.3) is 0 Å². The lowest BCUT2D eigenvalue weighted by atomic mass is 10.2. The summed E-state index contributed by atoms with van der Waals surface area (Å²) < 4.78 is 9.71. The van der Waals surface area contributed by atoms with E-state index in [0.717, 1.165) is 5.56 Å². The molecule has 108 valence electrons. The van der Waals surface area contributed by atoms with E-state index in [4.69, 9.17) is 21.1 Å². The Bertz CT molecular complexity index is 496. The first-order valence-corrected chi connectivity index (χ1v) is 6.42. The lowest BCUT2D eigenvalue weighted by Crippen LogP contribution is -2.23. The fourth-order valence-corrected chi connectivity index (χ4v) is 1.45. The van der Waals surface area contributed by atoms with E-state index in [2.05, 4.69) is 5.32 Å². The van der Waals surface area contributed by atoms with Crippen molar-refractivity contribution >= 4 is 23.7 Å². The summed E-state index contributed by atoms with van der Waals surface area (Å²) in [6.07, 6.45) is 0.547. The highest BCUT2D eigenvalue weighted by atomic mass is 35.5. The minimum atomic E-state index is -0.641. The molecule has 20 heavy (non-hydrogen) atoms. The number of ether oxygens (including phenoxy) is 2. The van der Waals surface area contributed by atoms with Gasteiger partial charge in [0.1, 0.15) is 6.61 Å². The molecule has 0 aliphatic carbocycles. The molecule has 0 aliphatic heterocycles. The quantitative estimate of drug-likeness (QED) is 0.670. The molecule has 1 aromatic carbocycles. The second-order valence-corrected chi connectivity index (χ2v) is 4.34. The van der Waals surface area contributed by atoms with Crippen LogP contribution in [0, 0.1) is 0 Å². The zero-order chi connectivity index (χ0) is 15.0. The molecule has 0 saturated carbocycles. The van der Waals surface area contributed by atoms with Crippen molar-refractivity contribution in [3.8, 4) is 0 Å². The molecule has 0 heterocycles. The molecule has 0 radical (unpaired) electrons. The third-order valence-electron chi connectivity index (χ3n) is 2.20. The highest BCUT2D eigenvalue weighted by Gasteiger charge is 2.05. The maximum atomic E-state index is 11.5. The zero-order valence-electron chi connectivity index (χ0n) is 11.3. The number of halogens is 1. The highest BCUT2D eigenvalue weighted by molar-refractivity contribution is 6.30. The molecule has 0 aromatic heterocycles. The molecule has 6 heteroatoms. The van der Waals surface area contributed by atoms with Crippen LogP contribution in [0.5, 0.6) is 0 Å². The molecule has 1 N–H and O–H groups in total. The number of rotatable bonds is 5. The van der Waals surface area contributed by atoms with E-state index in [0.29, 0.717) is 10.7 Å². The van der Waals surface area contributed by atoms with Gasteiger partial charge in [0, 0.05) is 16.8 Å². The number of hydrogen-bond donors (Lipinski definition) is 1. The number of esters is 1. The molecular weight excluding hydrogens is 282 g/mol. The van der Waals surface area contributed by atoms with E-state index in [9.17, 15) is 9.59 Å². The monoisotopic (exact) mass is 297 g/mol. The molecule has 1 rings (SSSR count). The molecule has 0 spiro atoms. The van der Waals surface area contributed by atoms with Crippen molar-refractivity contribution in [2.75, 3.05) is 6.61 Å². The average Bonchev–Trinajstić information content (AvgIpc) is 2.38. The first kappa shape index (κ1) is 16.0. The number of carbonyl (C=O) groups excluding carboxylic acids is 2. The summed E-state index contributed by atoms with van der Waals surface area (Å²) in [5.74, 6) is -0.511. The van der Waals surface area contributed by atoms with Gasteiger partial charge in [-0.1, -0.05) is 23.7 Å². The van der Waals surface area contributed by atoms with Gasteiger partial charge in [0.05, 0.1) is 6.61 Å². The van der Waals surface area contributed by atoms with Gasteiger partial charge in [-0.05, 0) is 31.5 Å². The summed E-state index contributed by atoms with van der Waals surface area (Å²) in [7, 11) is 0. The fraction of sp³-hybridized carbons (Fsp3) is 0.286. The minimum Gasteiger partial charge on any atom is -0.463 e. The molecular formula is C14H16ClNO4. The predicted octanol–water partition coefficient (Wildman–Crippen LogP) is 3.03. The standard InChI is InChI=1S/C14H16ClNO4/c1-3-19-13(17)8-10(2)16-14(18)20-9-11-4-6-12(15)7-5-11/h4-8H,3,9H2,1-2H3,(H,16,18). The largest absolute Gasteiger partial charge is 0.463 e. The van der Waals surface area contributed by atoms with Gasteiger partial charge < -0.3 is 9.47 Å². The highest BCUT2D eigenvalue weighted by Crippen LogP contribution is 2.10. The molecule has 0 atom stereocenters. The van der Waals surface area contributed by atoms with Crippen molar-refractivity contribution in [1.29, 1.82) is 0 Å². The van der Waals surface area contributed by atoms with Crippen LogP contribution in [0.3, 0.4) is 0 Å². The number of benzene rings is 1. The van der Waals surface area contributed by atoms with Gasteiger partial charge in [-0.2, -0.15) is 0 Å². The molecule has 5 nitrogen and oxygen atoms in total. The molecule has 1 amide bonds. The van der Waals surface area contributed by atoms with E-state index in [1.807, 2.05) is 0 Å². The fourth-order valence-electron chi connectivity index (χ4n) is 1.32. The minimum absolute atomic E-state index is 0.121. The molecule has 0 bridgehead atoms. The average molecular weight is 298 g/mol.